The lowest BCUT2D eigenvalue weighted by Crippen LogP contribution is -2.29. The predicted molar refractivity (Wildman–Crippen MR) is 46.8 cm³/mol. The number of Topliss-reactive ketones (excluding diaryl/α,β-unsaturated/α-hetero) is 1. The third-order valence-electron chi connectivity index (χ3n) is 2.15. The summed E-state index contributed by atoms with van der Waals surface area (Å²) in [6, 6.07) is 3.79. The predicted octanol–water partition coefficient (Wildman–Crippen LogP) is 1.15. The summed E-state index contributed by atoms with van der Waals surface area (Å²) in [7, 11) is 0. The van der Waals surface area contributed by atoms with Crippen LogP contribution in [0.4, 0.5) is 4.39 Å². The highest BCUT2D eigenvalue weighted by Gasteiger charge is 2.25. The Morgan fingerprint density at radius 2 is 2.36 bits per heavy atom. The molecule has 1 unspecified atom stereocenters. The summed E-state index contributed by atoms with van der Waals surface area (Å²) < 4.78 is 18.1. The number of fused-ring (bicyclic) bond motifs is 1. The molecule has 2 rings (SSSR count). The van der Waals surface area contributed by atoms with Gasteiger partial charge in [-0.2, -0.15) is 0 Å². The first-order valence-electron chi connectivity index (χ1n) is 4.31. The molecule has 0 radical (unpaired) electrons. The van der Waals surface area contributed by atoms with Crippen molar-refractivity contribution >= 4 is 5.78 Å². The molecule has 0 amide bonds. The molecule has 14 heavy (non-hydrogen) atoms. The van der Waals surface area contributed by atoms with Gasteiger partial charge in [-0.15, -0.1) is 0 Å². The first-order chi connectivity index (χ1) is 6.70. The van der Waals surface area contributed by atoms with Crippen molar-refractivity contribution in [2.24, 2.45) is 0 Å². The molecule has 0 fully saturated rings. The second kappa shape index (κ2) is 3.38. The van der Waals surface area contributed by atoms with E-state index in [2.05, 4.69) is 0 Å². The molecule has 0 saturated carbocycles. The van der Waals surface area contributed by atoms with Gasteiger partial charge < -0.3 is 9.84 Å². The fraction of sp³-hybridized carbons (Fsp3) is 0.300. The highest BCUT2D eigenvalue weighted by molar-refractivity contribution is 5.99. The van der Waals surface area contributed by atoms with E-state index in [9.17, 15) is 9.18 Å². The molecule has 3 nitrogen and oxygen atoms in total. The van der Waals surface area contributed by atoms with Gasteiger partial charge in [0, 0.05) is 0 Å². The van der Waals surface area contributed by atoms with Crippen LogP contribution in [0.3, 0.4) is 0 Å². The zero-order valence-electron chi connectivity index (χ0n) is 7.37. The Morgan fingerprint density at radius 1 is 1.57 bits per heavy atom. The Labute approximate surface area is 80.1 Å². The number of hydrogen-bond donors (Lipinski definition) is 1. The lowest BCUT2D eigenvalue weighted by molar-refractivity contribution is 0.0703. The van der Waals surface area contributed by atoms with Gasteiger partial charge in [0.25, 0.3) is 0 Å². The van der Waals surface area contributed by atoms with Crippen molar-refractivity contribution in [2.75, 3.05) is 6.61 Å². The van der Waals surface area contributed by atoms with Gasteiger partial charge in [0.15, 0.2) is 5.78 Å². The SMILES string of the molecule is O=C1CC(CO)Oc2ccc(F)cc21. The van der Waals surface area contributed by atoms with Crippen molar-refractivity contribution in [1.29, 1.82) is 0 Å². The Balaban J connectivity index is 2.40. The zero-order chi connectivity index (χ0) is 10.1. The van der Waals surface area contributed by atoms with E-state index in [-0.39, 0.29) is 24.4 Å². The van der Waals surface area contributed by atoms with E-state index in [1.807, 2.05) is 0 Å². The summed E-state index contributed by atoms with van der Waals surface area (Å²) in [4.78, 5) is 11.4. The van der Waals surface area contributed by atoms with Crippen LogP contribution < -0.4 is 4.74 Å². The molecule has 0 bridgehead atoms. The molecule has 0 aliphatic carbocycles. The highest BCUT2D eigenvalue weighted by Crippen LogP contribution is 2.27. The van der Waals surface area contributed by atoms with E-state index in [0.29, 0.717) is 5.75 Å². The Bertz CT molecular complexity index is 376. The Hall–Kier alpha value is -1.42. The smallest absolute Gasteiger partial charge is 0.170 e. The summed E-state index contributed by atoms with van der Waals surface area (Å²) in [5, 5.41) is 8.84. The summed E-state index contributed by atoms with van der Waals surface area (Å²) in [6.45, 7) is -0.206. The standard InChI is InChI=1S/C10H9FO3/c11-6-1-2-10-8(3-6)9(13)4-7(5-12)14-10/h1-3,7,12H,4-5H2. The second-order valence-corrected chi connectivity index (χ2v) is 3.19. The molecule has 1 aromatic carbocycles. The first kappa shape index (κ1) is 9.15. The topological polar surface area (TPSA) is 46.5 Å². The van der Waals surface area contributed by atoms with Crippen LogP contribution >= 0.6 is 0 Å². The van der Waals surface area contributed by atoms with E-state index >= 15 is 0 Å². The minimum absolute atomic E-state index is 0.104. The van der Waals surface area contributed by atoms with E-state index < -0.39 is 11.9 Å². The average Bonchev–Trinajstić information content (AvgIpc) is 2.19. The van der Waals surface area contributed by atoms with Crippen LogP contribution in [0, 0.1) is 5.82 Å². The van der Waals surface area contributed by atoms with Crippen LogP contribution in [0.25, 0.3) is 0 Å². The van der Waals surface area contributed by atoms with Crippen molar-refractivity contribution in [3.8, 4) is 5.75 Å². The largest absolute Gasteiger partial charge is 0.487 e. The molecular weight excluding hydrogens is 187 g/mol. The number of rotatable bonds is 1. The van der Waals surface area contributed by atoms with Crippen molar-refractivity contribution < 1.29 is 19.0 Å². The quantitative estimate of drug-likeness (QED) is 0.732. The summed E-state index contributed by atoms with van der Waals surface area (Å²) >= 11 is 0. The fourth-order valence-corrected chi connectivity index (χ4v) is 1.46. The number of benzene rings is 1. The van der Waals surface area contributed by atoms with Gasteiger partial charge in [0.1, 0.15) is 17.7 Å². The number of hydrogen-bond acceptors (Lipinski definition) is 3. The Kier molecular flexibility index (Phi) is 2.21. The van der Waals surface area contributed by atoms with E-state index in [4.69, 9.17) is 9.84 Å². The van der Waals surface area contributed by atoms with Crippen molar-refractivity contribution in [3.05, 3.63) is 29.6 Å². The number of ketones is 1. The lowest BCUT2D eigenvalue weighted by atomic mass is 10.0. The second-order valence-electron chi connectivity index (χ2n) is 3.19. The van der Waals surface area contributed by atoms with E-state index in [1.165, 1.54) is 12.1 Å². The van der Waals surface area contributed by atoms with Crippen molar-refractivity contribution in [1.82, 2.24) is 0 Å². The minimum atomic E-state index is -0.500. The molecule has 0 spiro atoms. The average molecular weight is 196 g/mol. The van der Waals surface area contributed by atoms with Crippen LogP contribution in [0.15, 0.2) is 18.2 Å². The molecule has 0 saturated heterocycles. The zero-order valence-corrected chi connectivity index (χ0v) is 7.37. The van der Waals surface area contributed by atoms with Gasteiger partial charge >= 0.3 is 0 Å². The highest BCUT2D eigenvalue weighted by atomic mass is 19.1. The number of ether oxygens (including phenoxy) is 1. The molecule has 1 heterocycles. The third kappa shape index (κ3) is 1.48. The van der Waals surface area contributed by atoms with Gasteiger partial charge in [-0.1, -0.05) is 0 Å². The lowest BCUT2D eigenvalue weighted by Gasteiger charge is -2.23. The van der Waals surface area contributed by atoms with Gasteiger partial charge in [0.05, 0.1) is 18.6 Å². The monoisotopic (exact) mass is 196 g/mol. The minimum Gasteiger partial charge on any atom is -0.487 e. The van der Waals surface area contributed by atoms with E-state index in [1.54, 1.807) is 0 Å². The molecule has 74 valence electrons. The maximum absolute atomic E-state index is 12.8. The third-order valence-corrected chi connectivity index (χ3v) is 2.15. The van der Waals surface area contributed by atoms with Gasteiger partial charge in [-0.3, -0.25) is 4.79 Å². The molecule has 1 aliphatic rings. The molecule has 1 atom stereocenters. The van der Waals surface area contributed by atoms with Crippen LogP contribution in [0.1, 0.15) is 16.8 Å². The maximum Gasteiger partial charge on any atom is 0.170 e. The number of carbonyl (C=O) groups is 1. The molecule has 0 aromatic heterocycles. The van der Waals surface area contributed by atoms with Gasteiger partial charge in [-0.05, 0) is 18.2 Å². The van der Waals surface area contributed by atoms with Crippen LogP contribution in [0.5, 0.6) is 5.75 Å². The number of aliphatic hydroxyl groups is 1. The van der Waals surface area contributed by atoms with Gasteiger partial charge in [-0.25, -0.2) is 4.39 Å². The van der Waals surface area contributed by atoms with Gasteiger partial charge in [0.2, 0.25) is 0 Å². The fourth-order valence-electron chi connectivity index (χ4n) is 1.46. The number of aliphatic hydroxyl groups excluding tert-OH is 1. The number of carbonyl (C=O) groups excluding carboxylic acids is 1. The normalized spacial score (nSPS) is 20.1. The summed E-state index contributed by atoms with van der Waals surface area (Å²) in [6.07, 6.45) is -0.395. The van der Waals surface area contributed by atoms with Crippen molar-refractivity contribution in [3.63, 3.8) is 0 Å². The molecule has 1 aromatic rings. The molecule has 1 aliphatic heterocycles. The number of halogens is 1. The first-order valence-corrected chi connectivity index (χ1v) is 4.31. The summed E-state index contributed by atoms with van der Waals surface area (Å²) in [5.41, 5.74) is 0.259. The molecular formula is C10H9FO3. The van der Waals surface area contributed by atoms with E-state index in [0.717, 1.165) is 6.07 Å². The Morgan fingerprint density at radius 3 is 3.07 bits per heavy atom. The van der Waals surface area contributed by atoms with Crippen LogP contribution in [-0.4, -0.2) is 23.6 Å². The van der Waals surface area contributed by atoms with Crippen LogP contribution in [0.2, 0.25) is 0 Å². The summed E-state index contributed by atoms with van der Waals surface area (Å²) in [5.74, 6) is -0.297. The molecule has 1 N–H and O–H groups in total. The van der Waals surface area contributed by atoms with Crippen molar-refractivity contribution in [2.45, 2.75) is 12.5 Å². The maximum atomic E-state index is 12.8. The van der Waals surface area contributed by atoms with Crippen LogP contribution in [-0.2, 0) is 0 Å². The molecule has 4 heteroatoms.